The molecular weight excluding hydrogens is 288 g/mol. The van der Waals surface area contributed by atoms with Crippen LogP contribution in [0.4, 0.5) is 5.69 Å². The first kappa shape index (κ1) is 15.8. The number of rotatable bonds is 3. The molecule has 1 aromatic rings. The molecule has 1 aliphatic heterocycles. The average Bonchev–Trinajstić information content (AvgIpc) is 2.49. The number of carbonyl (C=O) groups excluding carboxylic acids is 2. The molecular formula is C14H20N4O2S. The van der Waals surface area contributed by atoms with Crippen molar-refractivity contribution in [2.24, 2.45) is 0 Å². The summed E-state index contributed by atoms with van der Waals surface area (Å²) in [5.41, 5.74) is 3.26. The molecule has 1 aliphatic rings. The van der Waals surface area contributed by atoms with Gasteiger partial charge in [-0.1, -0.05) is 6.07 Å². The zero-order valence-electron chi connectivity index (χ0n) is 12.3. The zero-order valence-corrected chi connectivity index (χ0v) is 13.1. The smallest absolute Gasteiger partial charge is 0.318 e. The Hall–Kier alpha value is -1.57. The molecule has 2 amide bonds. The van der Waals surface area contributed by atoms with Crippen molar-refractivity contribution in [3.8, 4) is 0 Å². The predicted molar refractivity (Wildman–Crippen MR) is 84.1 cm³/mol. The Labute approximate surface area is 128 Å². The van der Waals surface area contributed by atoms with Crippen LogP contribution in [0.2, 0.25) is 0 Å². The number of likely N-dealkylation sites (N-methyl/N-ethyl adjacent to an activating group) is 1. The van der Waals surface area contributed by atoms with Crippen molar-refractivity contribution in [2.75, 3.05) is 44.8 Å². The first-order valence-corrected chi connectivity index (χ1v) is 8.00. The van der Waals surface area contributed by atoms with Crippen LogP contribution < -0.4 is 10.7 Å². The van der Waals surface area contributed by atoms with E-state index in [2.05, 4.69) is 15.6 Å². The van der Waals surface area contributed by atoms with Crippen molar-refractivity contribution in [2.45, 2.75) is 4.90 Å². The lowest BCUT2D eigenvalue weighted by molar-refractivity contribution is -0.139. The van der Waals surface area contributed by atoms with Gasteiger partial charge in [-0.25, -0.2) is 5.01 Å². The van der Waals surface area contributed by atoms with Gasteiger partial charge in [0.2, 0.25) is 0 Å². The van der Waals surface area contributed by atoms with E-state index >= 15 is 0 Å². The molecule has 114 valence electrons. The van der Waals surface area contributed by atoms with E-state index < -0.39 is 11.8 Å². The molecule has 0 atom stereocenters. The highest BCUT2D eigenvalue weighted by Crippen LogP contribution is 2.18. The molecule has 0 aromatic heterocycles. The van der Waals surface area contributed by atoms with Crippen LogP contribution >= 0.6 is 11.8 Å². The minimum atomic E-state index is -0.646. The van der Waals surface area contributed by atoms with Crippen LogP contribution in [0.25, 0.3) is 0 Å². The highest BCUT2D eigenvalue weighted by molar-refractivity contribution is 7.98. The quantitative estimate of drug-likeness (QED) is 0.633. The third kappa shape index (κ3) is 4.73. The van der Waals surface area contributed by atoms with E-state index in [9.17, 15) is 9.59 Å². The van der Waals surface area contributed by atoms with E-state index in [0.717, 1.165) is 31.1 Å². The van der Waals surface area contributed by atoms with Crippen LogP contribution in [0.15, 0.2) is 29.2 Å². The van der Waals surface area contributed by atoms with E-state index in [1.54, 1.807) is 22.8 Å². The summed E-state index contributed by atoms with van der Waals surface area (Å²) < 4.78 is 0. The molecule has 2 N–H and O–H groups in total. The molecule has 7 heteroatoms. The van der Waals surface area contributed by atoms with E-state index in [0.29, 0.717) is 5.69 Å². The van der Waals surface area contributed by atoms with Crippen LogP contribution in [-0.4, -0.2) is 61.2 Å². The molecule has 1 saturated heterocycles. The second-order valence-corrected chi connectivity index (χ2v) is 5.80. The number of anilines is 1. The molecule has 6 nitrogen and oxygen atoms in total. The number of piperazine rings is 1. The van der Waals surface area contributed by atoms with Crippen LogP contribution in [0.1, 0.15) is 0 Å². The molecule has 0 spiro atoms. The zero-order chi connectivity index (χ0) is 15.2. The van der Waals surface area contributed by atoms with E-state index in [-0.39, 0.29) is 0 Å². The van der Waals surface area contributed by atoms with Crippen molar-refractivity contribution in [3.05, 3.63) is 24.3 Å². The summed E-state index contributed by atoms with van der Waals surface area (Å²) in [7, 11) is 2.03. The number of nitrogens with one attached hydrogen (secondary N) is 2. The monoisotopic (exact) mass is 308 g/mol. The highest BCUT2D eigenvalue weighted by atomic mass is 32.2. The van der Waals surface area contributed by atoms with Gasteiger partial charge in [0.15, 0.2) is 0 Å². The SMILES string of the molecule is CSc1cccc(NC(=O)C(=O)NN2CCN(C)CC2)c1. The molecule has 0 unspecified atom stereocenters. The Morgan fingerprint density at radius 2 is 1.86 bits per heavy atom. The topological polar surface area (TPSA) is 64.7 Å². The van der Waals surface area contributed by atoms with Gasteiger partial charge in [0, 0.05) is 36.8 Å². The van der Waals surface area contributed by atoms with Crippen LogP contribution in [-0.2, 0) is 9.59 Å². The average molecular weight is 308 g/mol. The maximum atomic E-state index is 11.9. The Bertz CT molecular complexity index is 515. The molecule has 2 rings (SSSR count). The lowest BCUT2D eigenvalue weighted by Crippen LogP contribution is -2.54. The third-order valence-electron chi connectivity index (χ3n) is 3.30. The Kier molecular flexibility index (Phi) is 5.60. The Morgan fingerprint density at radius 3 is 2.52 bits per heavy atom. The molecule has 0 radical (unpaired) electrons. The van der Waals surface area contributed by atoms with Gasteiger partial charge in [0.1, 0.15) is 0 Å². The van der Waals surface area contributed by atoms with Crippen molar-refractivity contribution in [3.63, 3.8) is 0 Å². The Balaban J connectivity index is 1.86. The van der Waals surface area contributed by atoms with Crippen molar-refractivity contribution in [1.29, 1.82) is 0 Å². The fourth-order valence-corrected chi connectivity index (χ4v) is 2.46. The summed E-state index contributed by atoms with van der Waals surface area (Å²) in [6.45, 7) is 3.18. The minimum Gasteiger partial charge on any atom is -0.318 e. The summed E-state index contributed by atoms with van der Waals surface area (Å²) in [4.78, 5) is 27.0. The maximum Gasteiger partial charge on any atom is 0.323 e. The van der Waals surface area contributed by atoms with E-state index in [1.807, 2.05) is 31.5 Å². The fraction of sp³-hybridized carbons (Fsp3) is 0.429. The van der Waals surface area contributed by atoms with Gasteiger partial charge < -0.3 is 10.2 Å². The first-order valence-electron chi connectivity index (χ1n) is 6.78. The number of amides is 2. The number of hydrogen-bond acceptors (Lipinski definition) is 5. The van der Waals surface area contributed by atoms with Gasteiger partial charge in [-0.15, -0.1) is 11.8 Å². The Morgan fingerprint density at radius 1 is 1.14 bits per heavy atom. The minimum absolute atomic E-state index is 0.625. The molecule has 0 bridgehead atoms. The summed E-state index contributed by atoms with van der Waals surface area (Å²) in [5.74, 6) is -1.28. The maximum absolute atomic E-state index is 11.9. The standard InChI is InChI=1S/C14H20N4O2S/c1-17-6-8-18(9-7-17)16-14(20)13(19)15-11-4-3-5-12(10-11)21-2/h3-5,10H,6-9H2,1-2H3,(H,15,19)(H,16,20). The lowest BCUT2D eigenvalue weighted by Gasteiger charge is -2.32. The van der Waals surface area contributed by atoms with Gasteiger partial charge >= 0.3 is 11.8 Å². The molecule has 1 fully saturated rings. The third-order valence-corrected chi connectivity index (χ3v) is 4.02. The summed E-state index contributed by atoms with van der Waals surface area (Å²) in [5, 5.41) is 4.39. The van der Waals surface area contributed by atoms with E-state index in [4.69, 9.17) is 0 Å². The number of nitrogens with zero attached hydrogens (tertiary/aromatic N) is 2. The summed E-state index contributed by atoms with van der Waals surface area (Å²) in [6.07, 6.45) is 1.96. The molecule has 0 saturated carbocycles. The van der Waals surface area contributed by atoms with Gasteiger partial charge in [0.05, 0.1) is 0 Å². The summed E-state index contributed by atoms with van der Waals surface area (Å²) in [6, 6.07) is 7.40. The van der Waals surface area contributed by atoms with Crippen LogP contribution in [0.3, 0.4) is 0 Å². The second-order valence-electron chi connectivity index (χ2n) is 4.92. The van der Waals surface area contributed by atoms with Crippen molar-refractivity contribution < 1.29 is 9.59 Å². The number of benzene rings is 1. The van der Waals surface area contributed by atoms with Gasteiger partial charge in [0.25, 0.3) is 0 Å². The number of carbonyl (C=O) groups is 2. The van der Waals surface area contributed by atoms with Crippen LogP contribution in [0.5, 0.6) is 0 Å². The molecule has 1 heterocycles. The largest absolute Gasteiger partial charge is 0.323 e. The number of thioether (sulfide) groups is 1. The van der Waals surface area contributed by atoms with Crippen molar-refractivity contribution in [1.82, 2.24) is 15.3 Å². The lowest BCUT2D eigenvalue weighted by atomic mass is 10.3. The second kappa shape index (κ2) is 7.44. The van der Waals surface area contributed by atoms with Crippen molar-refractivity contribution >= 4 is 29.3 Å². The molecule has 1 aromatic carbocycles. The number of hydrazine groups is 1. The molecule has 0 aliphatic carbocycles. The van der Waals surface area contributed by atoms with Gasteiger partial charge in [-0.2, -0.15) is 0 Å². The molecule has 21 heavy (non-hydrogen) atoms. The first-order chi connectivity index (χ1) is 10.1. The number of hydrogen-bond donors (Lipinski definition) is 2. The van der Waals surface area contributed by atoms with Crippen LogP contribution in [0, 0.1) is 0 Å². The normalized spacial score (nSPS) is 16.5. The highest BCUT2D eigenvalue weighted by Gasteiger charge is 2.20. The fourth-order valence-electron chi connectivity index (χ4n) is 2.00. The van der Waals surface area contributed by atoms with Gasteiger partial charge in [-0.3, -0.25) is 15.0 Å². The van der Waals surface area contributed by atoms with E-state index in [1.165, 1.54) is 0 Å². The summed E-state index contributed by atoms with van der Waals surface area (Å²) >= 11 is 1.58. The predicted octanol–water partition coefficient (Wildman–Crippen LogP) is 0.626. The van der Waals surface area contributed by atoms with Gasteiger partial charge in [-0.05, 0) is 31.5 Å².